The van der Waals surface area contributed by atoms with Crippen molar-refractivity contribution < 1.29 is 4.74 Å². The summed E-state index contributed by atoms with van der Waals surface area (Å²) in [5, 5.41) is 4.44. The fraction of sp³-hybridized carbons (Fsp3) is 0.176. The number of hydrogen-bond donors (Lipinski definition) is 0. The molecule has 2 heterocycles. The van der Waals surface area contributed by atoms with E-state index in [-0.39, 0.29) is 0 Å². The van der Waals surface area contributed by atoms with Gasteiger partial charge in [0.1, 0.15) is 0 Å². The van der Waals surface area contributed by atoms with Crippen LogP contribution in [-0.2, 0) is 12.8 Å². The van der Waals surface area contributed by atoms with E-state index < -0.39 is 0 Å². The molecule has 21 heavy (non-hydrogen) atoms. The van der Waals surface area contributed by atoms with Crippen LogP contribution < -0.4 is 4.74 Å². The van der Waals surface area contributed by atoms with E-state index in [1.807, 2.05) is 35.0 Å². The minimum absolute atomic E-state index is 0.615. The Morgan fingerprint density at radius 2 is 1.81 bits per heavy atom. The first-order valence-electron chi connectivity index (χ1n) is 6.95. The molecule has 4 nitrogen and oxygen atoms in total. The zero-order valence-corrected chi connectivity index (χ0v) is 11.9. The number of aryl methyl sites for hydroxylation is 2. The average molecular weight is 279 g/mol. The highest BCUT2D eigenvalue weighted by Crippen LogP contribution is 2.17. The Bertz CT molecular complexity index is 693. The van der Waals surface area contributed by atoms with Gasteiger partial charge in [0.25, 0.3) is 0 Å². The third-order valence-electron chi connectivity index (χ3n) is 3.35. The SMILES string of the molecule is COc1cc(CCc2ccccc2)n(-c2ccccn2)n1. The molecule has 2 aromatic heterocycles. The Hall–Kier alpha value is -2.62. The molecule has 3 rings (SSSR count). The fourth-order valence-corrected chi connectivity index (χ4v) is 2.27. The van der Waals surface area contributed by atoms with Gasteiger partial charge in [0.15, 0.2) is 5.82 Å². The summed E-state index contributed by atoms with van der Waals surface area (Å²) in [5.41, 5.74) is 2.40. The van der Waals surface area contributed by atoms with Gasteiger partial charge in [0.05, 0.1) is 12.8 Å². The molecule has 0 saturated heterocycles. The molecule has 0 atom stereocenters. The number of rotatable bonds is 5. The molecule has 3 aromatic rings. The molecule has 0 amide bonds. The van der Waals surface area contributed by atoms with Gasteiger partial charge in [-0.2, -0.15) is 0 Å². The summed E-state index contributed by atoms with van der Waals surface area (Å²) in [6.45, 7) is 0. The number of ether oxygens (including phenoxy) is 1. The lowest BCUT2D eigenvalue weighted by Crippen LogP contribution is -2.05. The third-order valence-corrected chi connectivity index (χ3v) is 3.35. The lowest BCUT2D eigenvalue weighted by Gasteiger charge is -2.06. The highest BCUT2D eigenvalue weighted by molar-refractivity contribution is 5.29. The first-order chi connectivity index (χ1) is 10.4. The van der Waals surface area contributed by atoms with Gasteiger partial charge in [-0.25, -0.2) is 9.67 Å². The van der Waals surface area contributed by atoms with E-state index in [1.165, 1.54) is 5.56 Å². The number of hydrogen-bond acceptors (Lipinski definition) is 3. The van der Waals surface area contributed by atoms with Gasteiger partial charge < -0.3 is 4.74 Å². The number of aromatic nitrogens is 3. The van der Waals surface area contributed by atoms with Gasteiger partial charge >= 0.3 is 0 Å². The summed E-state index contributed by atoms with van der Waals surface area (Å²) in [4.78, 5) is 4.36. The summed E-state index contributed by atoms with van der Waals surface area (Å²) < 4.78 is 7.10. The lowest BCUT2D eigenvalue weighted by molar-refractivity contribution is 0.394. The number of pyridine rings is 1. The Balaban J connectivity index is 1.86. The van der Waals surface area contributed by atoms with Gasteiger partial charge in [-0.1, -0.05) is 36.4 Å². The van der Waals surface area contributed by atoms with Crippen molar-refractivity contribution in [2.24, 2.45) is 0 Å². The molecular weight excluding hydrogens is 262 g/mol. The highest BCUT2D eigenvalue weighted by atomic mass is 16.5. The fourth-order valence-electron chi connectivity index (χ4n) is 2.27. The van der Waals surface area contributed by atoms with Crippen molar-refractivity contribution in [2.75, 3.05) is 7.11 Å². The van der Waals surface area contributed by atoms with Crippen LogP contribution in [0.15, 0.2) is 60.8 Å². The van der Waals surface area contributed by atoms with Gasteiger partial charge in [-0.05, 0) is 30.5 Å². The topological polar surface area (TPSA) is 39.9 Å². The van der Waals surface area contributed by atoms with Crippen molar-refractivity contribution >= 4 is 0 Å². The molecule has 0 fully saturated rings. The second kappa shape index (κ2) is 6.22. The maximum Gasteiger partial charge on any atom is 0.233 e. The summed E-state index contributed by atoms with van der Waals surface area (Å²) in [6.07, 6.45) is 3.62. The number of methoxy groups -OCH3 is 1. The second-order valence-electron chi connectivity index (χ2n) is 4.76. The van der Waals surface area contributed by atoms with E-state index in [1.54, 1.807) is 13.3 Å². The van der Waals surface area contributed by atoms with Crippen molar-refractivity contribution in [3.63, 3.8) is 0 Å². The van der Waals surface area contributed by atoms with Crippen LogP contribution in [0.1, 0.15) is 11.3 Å². The first-order valence-corrected chi connectivity index (χ1v) is 6.95. The quantitative estimate of drug-likeness (QED) is 0.720. The van der Waals surface area contributed by atoms with Crippen LogP contribution in [0.4, 0.5) is 0 Å². The standard InChI is InChI=1S/C17H17N3O/c1-21-17-13-15(11-10-14-7-3-2-4-8-14)20(19-17)16-9-5-6-12-18-16/h2-9,12-13H,10-11H2,1H3. The Morgan fingerprint density at radius 3 is 2.52 bits per heavy atom. The Labute approximate surface area is 124 Å². The zero-order valence-electron chi connectivity index (χ0n) is 11.9. The van der Waals surface area contributed by atoms with Crippen LogP contribution in [0.2, 0.25) is 0 Å². The summed E-state index contributed by atoms with van der Waals surface area (Å²) in [7, 11) is 1.63. The molecule has 0 radical (unpaired) electrons. The molecule has 4 heteroatoms. The molecular formula is C17H17N3O. The Morgan fingerprint density at radius 1 is 1.00 bits per heavy atom. The predicted octanol–water partition coefficient (Wildman–Crippen LogP) is 3.06. The largest absolute Gasteiger partial charge is 0.480 e. The van der Waals surface area contributed by atoms with Crippen LogP contribution in [0.3, 0.4) is 0 Å². The third kappa shape index (κ3) is 3.11. The lowest BCUT2D eigenvalue weighted by atomic mass is 10.1. The van der Waals surface area contributed by atoms with Gasteiger partial charge in [0, 0.05) is 12.3 Å². The molecule has 0 aliphatic carbocycles. The van der Waals surface area contributed by atoms with Crippen molar-refractivity contribution in [2.45, 2.75) is 12.8 Å². The van der Waals surface area contributed by atoms with Crippen molar-refractivity contribution in [1.82, 2.24) is 14.8 Å². The maximum atomic E-state index is 5.25. The Kier molecular flexibility index (Phi) is 3.96. The minimum Gasteiger partial charge on any atom is -0.480 e. The molecule has 0 saturated carbocycles. The molecule has 0 spiro atoms. The number of benzene rings is 1. The average Bonchev–Trinajstić information content (AvgIpc) is 2.98. The summed E-state index contributed by atoms with van der Waals surface area (Å²) >= 11 is 0. The van der Waals surface area contributed by atoms with Gasteiger partial charge in [-0.15, -0.1) is 5.10 Å². The minimum atomic E-state index is 0.615. The molecule has 0 bridgehead atoms. The van der Waals surface area contributed by atoms with Crippen LogP contribution in [0.25, 0.3) is 5.82 Å². The van der Waals surface area contributed by atoms with Crippen molar-refractivity contribution in [3.8, 4) is 11.7 Å². The van der Waals surface area contributed by atoms with E-state index in [2.05, 4.69) is 34.3 Å². The van der Waals surface area contributed by atoms with E-state index in [0.29, 0.717) is 5.88 Å². The summed E-state index contributed by atoms with van der Waals surface area (Å²) in [5.74, 6) is 1.42. The van der Waals surface area contributed by atoms with E-state index in [4.69, 9.17) is 4.74 Å². The van der Waals surface area contributed by atoms with E-state index >= 15 is 0 Å². The zero-order chi connectivity index (χ0) is 14.5. The van der Waals surface area contributed by atoms with Crippen LogP contribution in [-0.4, -0.2) is 21.9 Å². The molecule has 0 aliphatic heterocycles. The van der Waals surface area contributed by atoms with Crippen molar-refractivity contribution in [1.29, 1.82) is 0 Å². The van der Waals surface area contributed by atoms with Crippen LogP contribution >= 0.6 is 0 Å². The molecule has 0 unspecified atom stereocenters. The van der Waals surface area contributed by atoms with Gasteiger partial charge in [0.2, 0.25) is 5.88 Å². The smallest absolute Gasteiger partial charge is 0.233 e. The summed E-state index contributed by atoms with van der Waals surface area (Å²) in [6, 6.07) is 18.2. The molecule has 0 aliphatic rings. The highest BCUT2D eigenvalue weighted by Gasteiger charge is 2.10. The van der Waals surface area contributed by atoms with Crippen LogP contribution in [0, 0.1) is 0 Å². The second-order valence-corrected chi connectivity index (χ2v) is 4.76. The first kappa shape index (κ1) is 13.4. The number of nitrogens with zero attached hydrogens (tertiary/aromatic N) is 3. The molecule has 1 aromatic carbocycles. The monoisotopic (exact) mass is 279 g/mol. The van der Waals surface area contributed by atoms with E-state index in [9.17, 15) is 0 Å². The van der Waals surface area contributed by atoms with Crippen molar-refractivity contribution in [3.05, 3.63) is 72.1 Å². The van der Waals surface area contributed by atoms with Crippen LogP contribution in [0.5, 0.6) is 5.88 Å². The normalized spacial score (nSPS) is 10.5. The molecule has 106 valence electrons. The van der Waals surface area contributed by atoms with Gasteiger partial charge in [-0.3, -0.25) is 0 Å². The van der Waals surface area contributed by atoms with E-state index in [0.717, 1.165) is 24.4 Å². The molecule has 0 N–H and O–H groups in total. The predicted molar refractivity (Wildman–Crippen MR) is 81.8 cm³/mol. The maximum absolute atomic E-state index is 5.25.